The van der Waals surface area contributed by atoms with Crippen molar-refractivity contribution in [2.45, 2.75) is 271 Å². The fourth-order valence-electron chi connectivity index (χ4n) is 7.14. The van der Waals surface area contributed by atoms with Crippen molar-refractivity contribution in [3.05, 3.63) is 12.2 Å². The van der Waals surface area contributed by atoms with Crippen LogP contribution in [0.25, 0.3) is 0 Å². The Morgan fingerprint density at radius 3 is 1.19 bits per heavy atom. The van der Waals surface area contributed by atoms with E-state index >= 15 is 0 Å². The molecule has 0 aromatic carbocycles. The number of carbonyl (C=O) groups excluding carboxylic acids is 2. The van der Waals surface area contributed by atoms with Crippen molar-refractivity contribution < 1.29 is 23.8 Å². The molecule has 0 radical (unpaired) electrons. The summed E-state index contributed by atoms with van der Waals surface area (Å²) in [5.74, 6) is -0.386. The summed E-state index contributed by atoms with van der Waals surface area (Å²) in [5.41, 5.74) is 0. The summed E-state index contributed by atoms with van der Waals surface area (Å²) in [6, 6.07) is 0. The van der Waals surface area contributed by atoms with E-state index in [0.717, 1.165) is 38.5 Å². The molecular weight excluding hydrogens is 669 g/mol. The van der Waals surface area contributed by atoms with Gasteiger partial charge in [0.2, 0.25) is 0 Å². The fourth-order valence-corrected chi connectivity index (χ4v) is 7.14. The molecule has 0 heterocycles. The molecule has 0 fully saturated rings. The molecule has 0 aromatic rings. The Kier molecular flexibility index (Phi) is 44.9. The van der Waals surface area contributed by atoms with E-state index in [9.17, 15) is 9.59 Å². The third-order valence-electron chi connectivity index (χ3n) is 10.8. The second-order valence-corrected chi connectivity index (χ2v) is 16.4. The molecule has 0 aliphatic rings. The lowest BCUT2D eigenvalue weighted by molar-refractivity contribution is -0.163. The fraction of sp³-hybridized carbons (Fsp3) is 0.918. The first kappa shape index (κ1) is 52.6. The van der Waals surface area contributed by atoms with E-state index in [1.54, 1.807) is 0 Å². The zero-order valence-corrected chi connectivity index (χ0v) is 36.8. The quantitative estimate of drug-likeness (QED) is 0.0351. The monoisotopic (exact) mass is 763 g/mol. The number of ether oxygens (including phenoxy) is 3. The molecule has 5 nitrogen and oxygen atoms in total. The van der Waals surface area contributed by atoms with Crippen molar-refractivity contribution in [2.75, 3.05) is 19.8 Å². The molecule has 0 aliphatic carbocycles. The van der Waals surface area contributed by atoms with Gasteiger partial charge in [-0.2, -0.15) is 0 Å². The maximum Gasteiger partial charge on any atom is 0.306 e. The summed E-state index contributed by atoms with van der Waals surface area (Å²) < 4.78 is 17.3. The molecule has 0 rings (SSSR count). The molecule has 0 aliphatic heterocycles. The normalized spacial score (nSPS) is 12.1. The van der Waals surface area contributed by atoms with Crippen LogP contribution in [0.3, 0.4) is 0 Å². The summed E-state index contributed by atoms with van der Waals surface area (Å²) in [5, 5.41) is 0. The van der Waals surface area contributed by atoms with E-state index in [0.29, 0.717) is 26.1 Å². The Bertz CT molecular complexity index is 780. The molecule has 5 heteroatoms. The van der Waals surface area contributed by atoms with Crippen LogP contribution in [-0.4, -0.2) is 37.9 Å². The smallest absolute Gasteiger partial charge is 0.306 e. The van der Waals surface area contributed by atoms with Gasteiger partial charge < -0.3 is 14.2 Å². The average molecular weight is 763 g/mol. The molecule has 0 spiro atoms. The first-order valence-corrected chi connectivity index (χ1v) is 24.2. The van der Waals surface area contributed by atoms with Gasteiger partial charge >= 0.3 is 11.9 Å². The van der Waals surface area contributed by atoms with Gasteiger partial charge in [0.25, 0.3) is 0 Å². The highest BCUT2D eigenvalue weighted by atomic mass is 16.6. The van der Waals surface area contributed by atoms with E-state index in [2.05, 4.69) is 32.9 Å². The van der Waals surface area contributed by atoms with Crippen LogP contribution in [0.15, 0.2) is 12.2 Å². The number of rotatable bonds is 45. The largest absolute Gasteiger partial charge is 0.462 e. The zero-order chi connectivity index (χ0) is 39.3. The Balaban J connectivity index is 4.12. The lowest BCUT2D eigenvalue weighted by Gasteiger charge is -2.18. The van der Waals surface area contributed by atoms with Gasteiger partial charge in [0.05, 0.1) is 6.61 Å². The number of unbranched alkanes of at least 4 members (excludes halogenated alkanes) is 32. The van der Waals surface area contributed by atoms with Gasteiger partial charge in [-0.15, -0.1) is 0 Å². The third kappa shape index (κ3) is 43.4. The molecular formula is C49H94O5. The molecule has 54 heavy (non-hydrogen) atoms. The second-order valence-electron chi connectivity index (χ2n) is 16.4. The van der Waals surface area contributed by atoms with Crippen molar-refractivity contribution in [1.29, 1.82) is 0 Å². The average Bonchev–Trinajstić information content (AvgIpc) is 3.17. The van der Waals surface area contributed by atoms with Gasteiger partial charge in [0.15, 0.2) is 6.10 Å². The van der Waals surface area contributed by atoms with E-state index in [1.807, 2.05) is 0 Å². The molecule has 0 amide bonds. The SMILES string of the molecule is CCCC/C=C\CCCCCCCCOCC(COC(=O)CCCCCCCCCCCCCCCCCCC)OC(=O)CCCCCCCCCCC. The molecule has 0 saturated heterocycles. The number of hydrogen-bond donors (Lipinski definition) is 0. The molecule has 320 valence electrons. The molecule has 1 atom stereocenters. The maximum atomic E-state index is 12.7. The summed E-state index contributed by atoms with van der Waals surface area (Å²) in [7, 11) is 0. The van der Waals surface area contributed by atoms with E-state index < -0.39 is 6.10 Å². The minimum absolute atomic E-state index is 0.0915. The van der Waals surface area contributed by atoms with E-state index in [1.165, 1.54) is 193 Å². The van der Waals surface area contributed by atoms with E-state index in [4.69, 9.17) is 14.2 Å². The van der Waals surface area contributed by atoms with Crippen molar-refractivity contribution in [3.63, 3.8) is 0 Å². The number of carbonyl (C=O) groups is 2. The summed E-state index contributed by atoms with van der Waals surface area (Å²) in [4.78, 5) is 25.2. The highest BCUT2D eigenvalue weighted by molar-refractivity contribution is 5.70. The molecule has 0 saturated carbocycles. The number of hydrogen-bond acceptors (Lipinski definition) is 5. The van der Waals surface area contributed by atoms with Crippen LogP contribution < -0.4 is 0 Å². The summed E-state index contributed by atoms with van der Waals surface area (Å²) in [6.07, 6.45) is 50.7. The van der Waals surface area contributed by atoms with Crippen LogP contribution >= 0.6 is 0 Å². The predicted molar refractivity (Wildman–Crippen MR) is 233 cm³/mol. The third-order valence-corrected chi connectivity index (χ3v) is 10.8. The van der Waals surface area contributed by atoms with E-state index in [-0.39, 0.29) is 18.5 Å². The van der Waals surface area contributed by atoms with Crippen molar-refractivity contribution >= 4 is 11.9 Å². The number of allylic oxidation sites excluding steroid dienone is 2. The van der Waals surface area contributed by atoms with Gasteiger partial charge in [0, 0.05) is 19.4 Å². The van der Waals surface area contributed by atoms with Crippen LogP contribution in [0.4, 0.5) is 0 Å². The maximum absolute atomic E-state index is 12.7. The minimum atomic E-state index is -0.527. The van der Waals surface area contributed by atoms with Crippen molar-refractivity contribution in [3.8, 4) is 0 Å². The Hall–Kier alpha value is -1.36. The van der Waals surface area contributed by atoms with Crippen molar-refractivity contribution in [1.82, 2.24) is 0 Å². The second kappa shape index (κ2) is 46.0. The van der Waals surface area contributed by atoms with Crippen LogP contribution in [-0.2, 0) is 23.8 Å². The van der Waals surface area contributed by atoms with Crippen LogP contribution in [0.1, 0.15) is 265 Å². The Morgan fingerprint density at radius 1 is 0.389 bits per heavy atom. The minimum Gasteiger partial charge on any atom is -0.462 e. The topological polar surface area (TPSA) is 61.8 Å². The first-order chi connectivity index (χ1) is 26.6. The Labute approximate surface area is 337 Å². The molecule has 0 N–H and O–H groups in total. The van der Waals surface area contributed by atoms with Crippen LogP contribution in [0, 0.1) is 0 Å². The molecule has 0 aromatic heterocycles. The van der Waals surface area contributed by atoms with Crippen LogP contribution in [0.5, 0.6) is 0 Å². The van der Waals surface area contributed by atoms with Gasteiger partial charge in [-0.05, 0) is 38.5 Å². The van der Waals surface area contributed by atoms with Gasteiger partial charge in [-0.25, -0.2) is 0 Å². The highest BCUT2D eigenvalue weighted by Gasteiger charge is 2.17. The highest BCUT2D eigenvalue weighted by Crippen LogP contribution is 2.16. The Morgan fingerprint density at radius 2 is 0.741 bits per heavy atom. The standard InChI is InChI=1S/C49H94O5/c1-4-7-10-13-16-19-21-23-24-25-26-27-28-31-33-36-39-42-48(50)53-46-47(54-49(51)43-40-37-34-30-18-15-12-9-6-3)45-52-44-41-38-35-32-29-22-20-17-14-11-8-5-2/h14,17,47H,4-13,15-16,18-46H2,1-3H3/b17-14-. The van der Waals surface area contributed by atoms with Crippen LogP contribution in [0.2, 0.25) is 0 Å². The van der Waals surface area contributed by atoms with Crippen molar-refractivity contribution in [2.24, 2.45) is 0 Å². The first-order valence-electron chi connectivity index (χ1n) is 24.2. The summed E-state index contributed by atoms with van der Waals surface area (Å²) >= 11 is 0. The lowest BCUT2D eigenvalue weighted by Crippen LogP contribution is -2.30. The predicted octanol–water partition coefficient (Wildman–Crippen LogP) is 15.9. The molecule has 1 unspecified atom stereocenters. The van der Waals surface area contributed by atoms with Gasteiger partial charge in [0.1, 0.15) is 6.61 Å². The zero-order valence-electron chi connectivity index (χ0n) is 36.8. The number of esters is 2. The van der Waals surface area contributed by atoms with Gasteiger partial charge in [-0.1, -0.05) is 226 Å². The van der Waals surface area contributed by atoms with Gasteiger partial charge in [-0.3, -0.25) is 9.59 Å². The summed E-state index contributed by atoms with van der Waals surface area (Å²) in [6.45, 7) is 7.81. The molecule has 0 bridgehead atoms. The lowest BCUT2D eigenvalue weighted by atomic mass is 10.0.